The normalized spacial score (nSPS) is 12.2. The van der Waals surface area contributed by atoms with E-state index in [-0.39, 0.29) is 18.0 Å². The number of aromatic nitrogens is 1. The summed E-state index contributed by atoms with van der Waals surface area (Å²) in [7, 11) is 0. The molecule has 0 radical (unpaired) electrons. The van der Waals surface area contributed by atoms with Gasteiger partial charge in [0.05, 0.1) is 5.69 Å². The molecule has 1 atom stereocenters. The van der Waals surface area contributed by atoms with Gasteiger partial charge in [0.1, 0.15) is 24.0 Å². The van der Waals surface area contributed by atoms with Crippen molar-refractivity contribution >= 4 is 23.0 Å². The van der Waals surface area contributed by atoms with Crippen molar-refractivity contribution < 1.29 is 23.8 Å². The summed E-state index contributed by atoms with van der Waals surface area (Å²) in [5.74, 6) is -1.88. The van der Waals surface area contributed by atoms with Crippen molar-refractivity contribution in [3.63, 3.8) is 0 Å². The maximum atomic E-state index is 13.7. The minimum Gasteiger partial charge on any atom is -0.480 e. The zero-order chi connectivity index (χ0) is 17.0. The Morgan fingerprint density at radius 2 is 2.04 bits per heavy atom. The number of carboxylic acids is 1. The molecule has 7 heteroatoms. The lowest BCUT2D eigenvalue weighted by Gasteiger charge is -2.17. The van der Waals surface area contributed by atoms with Crippen LogP contribution in [-0.4, -0.2) is 28.2 Å². The first-order valence-corrected chi connectivity index (χ1v) is 7.08. The van der Waals surface area contributed by atoms with Crippen LogP contribution in [0.2, 0.25) is 0 Å². The fourth-order valence-electron chi connectivity index (χ4n) is 2.05. The SMILES string of the molecule is CC(C)[C@H](NC(=O)OCc1ccc2cccc(F)c2n1)C(=O)O. The van der Waals surface area contributed by atoms with E-state index in [0.717, 1.165) is 0 Å². The maximum Gasteiger partial charge on any atom is 0.408 e. The average molecular weight is 320 g/mol. The number of halogens is 1. The third-order valence-corrected chi connectivity index (χ3v) is 3.29. The number of carbonyl (C=O) groups excluding carboxylic acids is 1. The molecule has 0 spiro atoms. The third-order valence-electron chi connectivity index (χ3n) is 3.29. The molecule has 2 aromatic rings. The topological polar surface area (TPSA) is 88.5 Å². The van der Waals surface area contributed by atoms with Gasteiger partial charge in [-0.25, -0.2) is 19.0 Å². The average Bonchev–Trinajstić information content (AvgIpc) is 2.50. The molecule has 1 aromatic heterocycles. The number of hydrogen-bond donors (Lipinski definition) is 2. The van der Waals surface area contributed by atoms with Crippen LogP contribution in [0.15, 0.2) is 30.3 Å². The van der Waals surface area contributed by atoms with Crippen molar-refractivity contribution in [2.24, 2.45) is 5.92 Å². The van der Waals surface area contributed by atoms with Crippen LogP contribution in [0, 0.1) is 11.7 Å². The number of ether oxygens (including phenoxy) is 1. The van der Waals surface area contributed by atoms with E-state index in [9.17, 15) is 14.0 Å². The number of benzene rings is 1. The zero-order valence-corrected chi connectivity index (χ0v) is 12.7. The van der Waals surface area contributed by atoms with Gasteiger partial charge in [-0.15, -0.1) is 0 Å². The quantitative estimate of drug-likeness (QED) is 0.884. The van der Waals surface area contributed by atoms with Crippen LogP contribution in [0.3, 0.4) is 0 Å². The smallest absolute Gasteiger partial charge is 0.408 e. The van der Waals surface area contributed by atoms with Gasteiger partial charge in [0.25, 0.3) is 0 Å². The summed E-state index contributed by atoms with van der Waals surface area (Å²) in [5, 5.41) is 11.9. The fourth-order valence-corrected chi connectivity index (χ4v) is 2.05. The molecule has 0 fully saturated rings. The van der Waals surface area contributed by atoms with Crippen molar-refractivity contribution in [1.29, 1.82) is 0 Å². The molecule has 0 bridgehead atoms. The van der Waals surface area contributed by atoms with Gasteiger partial charge in [0, 0.05) is 5.39 Å². The minimum atomic E-state index is -1.14. The fraction of sp³-hybridized carbons (Fsp3) is 0.312. The molecule has 0 saturated carbocycles. The Morgan fingerprint density at radius 1 is 1.30 bits per heavy atom. The van der Waals surface area contributed by atoms with E-state index in [4.69, 9.17) is 9.84 Å². The van der Waals surface area contributed by atoms with Gasteiger partial charge in [0.2, 0.25) is 0 Å². The van der Waals surface area contributed by atoms with Crippen molar-refractivity contribution in [2.45, 2.75) is 26.5 Å². The standard InChI is InChI=1S/C16H17FN2O4/c1-9(2)13(15(20)21)19-16(22)23-8-11-7-6-10-4-3-5-12(17)14(10)18-11/h3-7,9,13H,8H2,1-2H3,(H,19,22)(H,20,21)/t13-/m0/s1. The van der Waals surface area contributed by atoms with Crippen LogP contribution in [0.5, 0.6) is 0 Å². The Hall–Kier alpha value is -2.70. The number of pyridine rings is 1. The Balaban J connectivity index is 2.02. The Morgan fingerprint density at radius 3 is 2.70 bits per heavy atom. The Bertz CT molecular complexity index is 733. The lowest BCUT2D eigenvalue weighted by Crippen LogP contribution is -2.44. The second-order valence-corrected chi connectivity index (χ2v) is 5.39. The molecule has 1 heterocycles. The highest BCUT2D eigenvalue weighted by Gasteiger charge is 2.24. The molecule has 0 aliphatic carbocycles. The number of nitrogens with zero attached hydrogens (tertiary/aromatic N) is 1. The van der Waals surface area contributed by atoms with E-state index in [1.54, 1.807) is 38.1 Å². The number of para-hydroxylation sites is 1. The molecule has 2 N–H and O–H groups in total. The van der Waals surface area contributed by atoms with Crippen molar-refractivity contribution in [3.8, 4) is 0 Å². The van der Waals surface area contributed by atoms with Gasteiger partial charge in [-0.3, -0.25) is 0 Å². The Kier molecular flexibility index (Phi) is 5.10. The van der Waals surface area contributed by atoms with Crippen LogP contribution in [0.1, 0.15) is 19.5 Å². The molecule has 0 aliphatic rings. The highest BCUT2D eigenvalue weighted by molar-refractivity contribution is 5.80. The van der Waals surface area contributed by atoms with Crippen LogP contribution in [0.4, 0.5) is 9.18 Å². The van der Waals surface area contributed by atoms with E-state index in [2.05, 4.69) is 10.3 Å². The number of carboxylic acid groups (broad SMARTS) is 1. The van der Waals surface area contributed by atoms with Gasteiger partial charge >= 0.3 is 12.1 Å². The summed E-state index contributed by atoms with van der Waals surface area (Å²) >= 11 is 0. The minimum absolute atomic E-state index is 0.180. The van der Waals surface area contributed by atoms with E-state index in [1.165, 1.54) is 6.07 Å². The lowest BCUT2D eigenvalue weighted by atomic mass is 10.1. The monoisotopic (exact) mass is 320 g/mol. The van der Waals surface area contributed by atoms with Crippen LogP contribution < -0.4 is 5.32 Å². The molecule has 23 heavy (non-hydrogen) atoms. The predicted octanol–water partition coefficient (Wildman–Crippen LogP) is 2.71. The van der Waals surface area contributed by atoms with E-state index in [0.29, 0.717) is 11.1 Å². The number of alkyl carbamates (subject to hydrolysis) is 1. The van der Waals surface area contributed by atoms with Gasteiger partial charge in [-0.05, 0) is 18.1 Å². The van der Waals surface area contributed by atoms with Gasteiger partial charge < -0.3 is 15.2 Å². The first kappa shape index (κ1) is 16.7. The molecule has 122 valence electrons. The van der Waals surface area contributed by atoms with Crippen molar-refractivity contribution in [3.05, 3.63) is 41.8 Å². The first-order valence-electron chi connectivity index (χ1n) is 7.08. The largest absolute Gasteiger partial charge is 0.480 e. The molecular weight excluding hydrogens is 303 g/mol. The zero-order valence-electron chi connectivity index (χ0n) is 12.7. The number of carbonyl (C=O) groups is 2. The van der Waals surface area contributed by atoms with Crippen LogP contribution >= 0.6 is 0 Å². The second kappa shape index (κ2) is 7.04. The summed E-state index contributed by atoms with van der Waals surface area (Å²) < 4.78 is 18.6. The van der Waals surface area contributed by atoms with E-state index < -0.39 is 23.9 Å². The van der Waals surface area contributed by atoms with Gasteiger partial charge in [-0.1, -0.05) is 32.0 Å². The molecule has 0 saturated heterocycles. The molecule has 0 unspecified atom stereocenters. The van der Waals surface area contributed by atoms with E-state index >= 15 is 0 Å². The lowest BCUT2D eigenvalue weighted by molar-refractivity contribution is -0.140. The predicted molar refractivity (Wildman–Crippen MR) is 81.3 cm³/mol. The van der Waals surface area contributed by atoms with Crippen molar-refractivity contribution in [1.82, 2.24) is 10.3 Å². The summed E-state index contributed by atoms with van der Waals surface area (Å²) in [6.45, 7) is 3.17. The number of fused-ring (bicyclic) bond motifs is 1. The number of aliphatic carboxylic acids is 1. The number of amides is 1. The van der Waals surface area contributed by atoms with Crippen LogP contribution in [0.25, 0.3) is 10.9 Å². The summed E-state index contributed by atoms with van der Waals surface area (Å²) in [6.07, 6.45) is -0.860. The summed E-state index contributed by atoms with van der Waals surface area (Å²) in [5.41, 5.74) is 0.564. The second-order valence-electron chi connectivity index (χ2n) is 5.39. The molecule has 6 nitrogen and oxygen atoms in total. The highest BCUT2D eigenvalue weighted by Crippen LogP contribution is 2.16. The number of nitrogens with one attached hydrogen (secondary N) is 1. The molecule has 1 aromatic carbocycles. The van der Waals surface area contributed by atoms with Gasteiger partial charge in [0.15, 0.2) is 0 Å². The molecular formula is C16H17FN2O4. The molecule has 1 amide bonds. The number of rotatable bonds is 5. The summed E-state index contributed by atoms with van der Waals surface area (Å²) in [6, 6.07) is 6.86. The third kappa shape index (κ3) is 4.15. The van der Waals surface area contributed by atoms with Gasteiger partial charge in [-0.2, -0.15) is 0 Å². The van der Waals surface area contributed by atoms with E-state index in [1.807, 2.05) is 0 Å². The molecule has 2 rings (SSSR count). The first-order chi connectivity index (χ1) is 10.9. The highest BCUT2D eigenvalue weighted by atomic mass is 19.1. The summed E-state index contributed by atoms with van der Waals surface area (Å²) in [4.78, 5) is 26.8. The van der Waals surface area contributed by atoms with Crippen molar-refractivity contribution in [2.75, 3.05) is 0 Å². The maximum absolute atomic E-state index is 13.7. The van der Waals surface area contributed by atoms with Crippen LogP contribution in [-0.2, 0) is 16.1 Å². The molecule has 0 aliphatic heterocycles. The Labute approximate surface area is 132 Å². The number of hydrogen-bond acceptors (Lipinski definition) is 4.